The van der Waals surface area contributed by atoms with Crippen molar-refractivity contribution in [2.75, 3.05) is 18.0 Å². The number of halogens is 3. The van der Waals surface area contributed by atoms with Crippen molar-refractivity contribution in [2.45, 2.75) is 50.0 Å². The molecule has 1 saturated heterocycles. The second-order valence-corrected chi connectivity index (χ2v) is 8.76. The highest BCUT2D eigenvalue weighted by Crippen LogP contribution is 2.48. The number of benzene rings is 1. The maximum absolute atomic E-state index is 13.9. The van der Waals surface area contributed by atoms with Crippen LogP contribution < -0.4 is 20.8 Å². The number of carbonyl (C=O) groups is 1. The quantitative estimate of drug-likeness (QED) is 0.721. The van der Waals surface area contributed by atoms with Crippen LogP contribution in [0.25, 0.3) is 10.9 Å². The summed E-state index contributed by atoms with van der Waals surface area (Å²) in [5.74, 6) is -1.47. The summed E-state index contributed by atoms with van der Waals surface area (Å²) < 4.78 is 46.9. The highest BCUT2D eigenvalue weighted by Gasteiger charge is 2.48. The SMILES string of the molecule is NC1([C@@H]2CCN(c3ccc4c(=O)c(C(=O)O)cn([C@@H]5C[C@H]5F)c4c3OC(F)F)C2)CC1. The van der Waals surface area contributed by atoms with Gasteiger partial charge in [0.15, 0.2) is 5.75 Å². The zero-order chi connectivity index (χ0) is 22.1. The lowest BCUT2D eigenvalue weighted by atomic mass is 9.97. The molecule has 166 valence electrons. The maximum Gasteiger partial charge on any atom is 0.387 e. The molecule has 2 saturated carbocycles. The third kappa shape index (κ3) is 3.33. The van der Waals surface area contributed by atoms with Crippen LogP contribution in [0.3, 0.4) is 0 Å². The second kappa shape index (κ2) is 6.88. The van der Waals surface area contributed by atoms with Gasteiger partial charge in [0.1, 0.15) is 11.7 Å². The first-order valence-electron chi connectivity index (χ1n) is 10.3. The number of pyridine rings is 1. The third-order valence-corrected chi connectivity index (χ3v) is 6.77. The monoisotopic (exact) mass is 437 g/mol. The van der Waals surface area contributed by atoms with E-state index in [0.29, 0.717) is 18.8 Å². The average molecular weight is 437 g/mol. The molecule has 3 N–H and O–H groups in total. The number of ether oxygens (including phenoxy) is 1. The Balaban J connectivity index is 1.69. The van der Waals surface area contributed by atoms with Crippen molar-refractivity contribution in [3.05, 3.63) is 34.1 Å². The summed E-state index contributed by atoms with van der Waals surface area (Å²) in [5, 5.41) is 9.30. The van der Waals surface area contributed by atoms with Crippen molar-refractivity contribution in [1.29, 1.82) is 0 Å². The van der Waals surface area contributed by atoms with E-state index < -0.39 is 35.8 Å². The van der Waals surface area contributed by atoms with E-state index >= 15 is 0 Å². The van der Waals surface area contributed by atoms with Crippen LogP contribution in [-0.2, 0) is 0 Å². The summed E-state index contributed by atoms with van der Waals surface area (Å²) in [5.41, 5.74) is 5.12. The van der Waals surface area contributed by atoms with E-state index in [4.69, 9.17) is 10.5 Å². The standard InChI is InChI=1S/C21H22F3N3O4/c22-13-7-15(13)27-9-12(19(29)30)17(28)11-1-2-14(18(16(11)27)31-20(23)24)26-6-3-10(8-26)21(25)4-5-21/h1-2,9-10,13,15,20H,3-8,25H2,(H,29,30)/t10-,13-,15-/m1/s1. The van der Waals surface area contributed by atoms with Crippen LogP contribution >= 0.6 is 0 Å². The first-order valence-corrected chi connectivity index (χ1v) is 10.3. The molecule has 0 amide bonds. The molecule has 3 fully saturated rings. The van der Waals surface area contributed by atoms with Gasteiger partial charge in [-0.15, -0.1) is 0 Å². The lowest BCUT2D eigenvalue weighted by Gasteiger charge is -2.25. The second-order valence-electron chi connectivity index (χ2n) is 8.76. The number of aromatic carboxylic acids is 1. The number of hydrogen-bond acceptors (Lipinski definition) is 5. The molecule has 5 rings (SSSR count). The summed E-state index contributed by atoms with van der Waals surface area (Å²) in [6, 6.07) is 2.17. The van der Waals surface area contributed by atoms with Crippen LogP contribution in [-0.4, -0.2) is 47.1 Å². The van der Waals surface area contributed by atoms with Crippen molar-refractivity contribution in [2.24, 2.45) is 11.7 Å². The molecule has 0 bridgehead atoms. The average Bonchev–Trinajstić information content (AvgIpc) is 3.57. The Morgan fingerprint density at radius 1 is 1.32 bits per heavy atom. The Hall–Kier alpha value is -2.75. The molecule has 2 aliphatic carbocycles. The smallest absolute Gasteiger partial charge is 0.387 e. The van der Waals surface area contributed by atoms with Gasteiger partial charge < -0.3 is 25.0 Å². The Labute approximate surface area is 175 Å². The molecule has 3 atom stereocenters. The maximum atomic E-state index is 13.9. The molecule has 0 unspecified atom stereocenters. The summed E-state index contributed by atoms with van der Waals surface area (Å²) >= 11 is 0. The fraction of sp³-hybridized carbons (Fsp3) is 0.524. The van der Waals surface area contributed by atoms with E-state index in [-0.39, 0.29) is 34.5 Å². The van der Waals surface area contributed by atoms with Gasteiger partial charge in [-0.1, -0.05) is 0 Å². The first-order chi connectivity index (χ1) is 14.7. The Morgan fingerprint density at radius 2 is 2.03 bits per heavy atom. The summed E-state index contributed by atoms with van der Waals surface area (Å²) in [4.78, 5) is 26.2. The van der Waals surface area contributed by atoms with Gasteiger partial charge in [-0.2, -0.15) is 8.78 Å². The van der Waals surface area contributed by atoms with Crippen molar-refractivity contribution >= 4 is 22.6 Å². The Bertz CT molecular complexity index is 1130. The minimum atomic E-state index is -3.17. The minimum absolute atomic E-state index is 0.00437. The van der Waals surface area contributed by atoms with Crippen LogP contribution in [0.2, 0.25) is 0 Å². The molecule has 1 aromatic carbocycles. The zero-order valence-corrected chi connectivity index (χ0v) is 16.6. The van der Waals surface area contributed by atoms with Gasteiger partial charge >= 0.3 is 12.6 Å². The molecule has 0 spiro atoms. The molecule has 0 radical (unpaired) electrons. The summed E-state index contributed by atoms with van der Waals surface area (Å²) in [6.45, 7) is -2.02. The van der Waals surface area contributed by atoms with E-state index in [1.54, 1.807) is 0 Å². The number of carboxylic acids is 1. The number of rotatable bonds is 6. The molecule has 10 heteroatoms. The lowest BCUT2D eigenvalue weighted by Crippen LogP contribution is -2.34. The van der Waals surface area contributed by atoms with Gasteiger partial charge in [-0.05, 0) is 37.3 Å². The Morgan fingerprint density at radius 3 is 2.61 bits per heavy atom. The molecule has 7 nitrogen and oxygen atoms in total. The van der Waals surface area contributed by atoms with Gasteiger partial charge in [-0.25, -0.2) is 9.18 Å². The number of hydrogen-bond donors (Lipinski definition) is 2. The number of alkyl halides is 3. The number of fused-ring (bicyclic) bond motifs is 1. The molecule has 3 aliphatic rings. The van der Waals surface area contributed by atoms with Crippen LogP contribution in [0.5, 0.6) is 5.75 Å². The molecular formula is C21H22F3N3O4. The topological polar surface area (TPSA) is 97.8 Å². The van der Waals surface area contributed by atoms with Gasteiger partial charge in [0.05, 0.1) is 22.6 Å². The Kier molecular flexibility index (Phi) is 4.47. The number of carboxylic acid groups (broad SMARTS) is 1. The molecule has 1 aromatic heterocycles. The normalized spacial score (nSPS) is 26.5. The van der Waals surface area contributed by atoms with Gasteiger partial charge in [-0.3, -0.25) is 4.79 Å². The van der Waals surface area contributed by atoms with Crippen LogP contribution in [0.4, 0.5) is 18.9 Å². The summed E-state index contributed by atoms with van der Waals surface area (Å²) in [6.07, 6.45) is 2.56. The van der Waals surface area contributed by atoms with Crippen molar-refractivity contribution in [1.82, 2.24) is 4.57 Å². The van der Waals surface area contributed by atoms with Crippen molar-refractivity contribution < 1.29 is 27.8 Å². The van der Waals surface area contributed by atoms with Crippen molar-refractivity contribution in [3.8, 4) is 5.75 Å². The number of nitrogens with zero attached hydrogens (tertiary/aromatic N) is 2. The lowest BCUT2D eigenvalue weighted by molar-refractivity contribution is -0.0487. The van der Waals surface area contributed by atoms with E-state index in [9.17, 15) is 27.9 Å². The van der Waals surface area contributed by atoms with Crippen LogP contribution in [0, 0.1) is 5.92 Å². The van der Waals surface area contributed by atoms with Crippen LogP contribution in [0.1, 0.15) is 42.1 Å². The van der Waals surface area contributed by atoms with Gasteiger partial charge in [0.25, 0.3) is 0 Å². The predicted octanol–water partition coefficient (Wildman–Crippen LogP) is 2.90. The van der Waals surface area contributed by atoms with E-state index in [1.165, 1.54) is 16.7 Å². The molecule has 31 heavy (non-hydrogen) atoms. The zero-order valence-electron chi connectivity index (χ0n) is 16.6. The number of anilines is 1. The highest BCUT2D eigenvalue weighted by molar-refractivity contribution is 5.97. The van der Waals surface area contributed by atoms with Crippen LogP contribution in [0.15, 0.2) is 23.1 Å². The van der Waals surface area contributed by atoms with E-state index in [1.807, 2.05) is 4.90 Å². The number of nitrogens with two attached hydrogens (primary N) is 1. The van der Waals surface area contributed by atoms with Crippen molar-refractivity contribution in [3.63, 3.8) is 0 Å². The van der Waals surface area contributed by atoms with Gasteiger partial charge in [0, 0.05) is 31.2 Å². The summed E-state index contributed by atoms with van der Waals surface area (Å²) in [7, 11) is 0. The minimum Gasteiger partial charge on any atom is -0.477 e. The number of aromatic nitrogens is 1. The molecule has 1 aliphatic heterocycles. The third-order valence-electron chi connectivity index (χ3n) is 6.77. The first kappa shape index (κ1) is 20.2. The molecule has 2 aromatic rings. The molecular weight excluding hydrogens is 415 g/mol. The predicted molar refractivity (Wildman–Crippen MR) is 107 cm³/mol. The highest BCUT2D eigenvalue weighted by atomic mass is 19.3. The van der Waals surface area contributed by atoms with E-state index in [2.05, 4.69) is 0 Å². The largest absolute Gasteiger partial charge is 0.477 e. The fourth-order valence-electron chi connectivity index (χ4n) is 4.72. The molecule has 2 heterocycles. The van der Waals surface area contributed by atoms with E-state index in [0.717, 1.165) is 25.5 Å². The fourth-order valence-corrected chi connectivity index (χ4v) is 4.72. The van der Waals surface area contributed by atoms with Gasteiger partial charge in [0.2, 0.25) is 5.43 Å².